The number of aliphatic hydroxyl groups is 1. The summed E-state index contributed by atoms with van der Waals surface area (Å²) < 4.78 is 23.6. The van der Waals surface area contributed by atoms with E-state index in [0.717, 1.165) is 32.1 Å². The molecular weight excluding hydrogens is 707 g/mol. The van der Waals surface area contributed by atoms with Gasteiger partial charge in [-0.3, -0.25) is 13.8 Å². The van der Waals surface area contributed by atoms with E-state index in [9.17, 15) is 19.4 Å². The van der Waals surface area contributed by atoms with Gasteiger partial charge in [-0.2, -0.15) is 0 Å². The first-order valence-corrected chi connectivity index (χ1v) is 25.0. The number of phosphoric ester groups is 1. The first kappa shape index (κ1) is 54.2. The van der Waals surface area contributed by atoms with Crippen LogP contribution in [0.4, 0.5) is 0 Å². The topological polar surface area (TPSA) is 105 Å². The Balaban J connectivity index is 4.14. The van der Waals surface area contributed by atoms with Crippen molar-refractivity contribution in [3.05, 3.63) is 12.2 Å². The first-order valence-electron chi connectivity index (χ1n) is 23.6. The monoisotopic (exact) mass is 802 g/mol. The minimum Gasteiger partial charge on any atom is -0.391 e. The number of likely N-dealkylation sites (N-methyl/N-ethyl adjacent to an activating group) is 1. The average Bonchev–Trinajstić information content (AvgIpc) is 3.13. The zero-order valence-corrected chi connectivity index (χ0v) is 38.1. The number of carbonyl (C=O) groups excluding carboxylic acids is 1. The molecule has 3 atom stereocenters. The summed E-state index contributed by atoms with van der Waals surface area (Å²) in [5.74, 6) is -0.178. The average molecular weight is 802 g/mol. The number of allylic oxidation sites excluding steroid dienone is 2. The van der Waals surface area contributed by atoms with E-state index < -0.39 is 20.0 Å². The Morgan fingerprint density at radius 1 is 0.600 bits per heavy atom. The van der Waals surface area contributed by atoms with E-state index in [1.807, 2.05) is 21.1 Å². The molecule has 0 aliphatic rings. The van der Waals surface area contributed by atoms with Crippen LogP contribution in [0.3, 0.4) is 0 Å². The predicted molar refractivity (Wildman–Crippen MR) is 235 cm³/mol. The van der Waals surface area contributed by atoms with E-state index in [0.29, 0.717) is 30.3 Å². The van der Waals surface area contributed by atoms with Gasteiger partial charge in [-0.05, 0) is 32.1 Å². The summed E-state index contributed by atoms with van der Waals surface area (Å²) >= 11 is 0. The molecule has 0 saturated heterocycles. The van der Waals surface area contributed by atoms with Gasteiger partial charge in [-0.25, -0.2) is 4.57 Å². The van der Waals surface area contributed by atoms with Gasteiger partial charge in [0.05, 0.1) is 39.9 Å². The Morgan fingerprint density at radius 3 is 1.40 bits per heavy atom. The molecule has 1 amide bonds. The standard InChI is InChI=1S/C46H93N2O6P/c1-6-8-10-12-14-16-17-18-19-20-21-22-23-24-25-26-27-28-29-30-32-33-35-37-39-45(49)44(43-54-55(51,52)53-42-41-48(3,4)5)47-46(50)40-38-36-34-31-15-13-11-9-7-2/h31,34,44-45,49H,6-30,32-33,35-43H2,1-5H3,(H-,47,50,51,52)/p+1/b34-31-. The third-order valence-electron chi connectivity index (χ3n) is 10.8. The number of nitrogens with one attached hydrogen (secondary N) is 1. The number of nitrogens with zero attached hydrogens (tertiary/aromatic N) is 1. The minimum absolute atomic E-state index is 0.0719. The molecule has 0 bridgehead atoms. The van der Waals surface area contributed by atoms with Gasteiger partial charge in [0.15, 0.2) is 0 Å². The molecule has 0 aliphatic heterocycles. The minimum atomic E-state index is -4.31. The quantitative estimate of drug-likeness (QED) is 0.0245. The van der Waals surface area contributed by atoms with E-state index in [-0.39, 0.29) is 19.1 Å². The van der Waals surface area contributed by atoms with Crippen molar-refractivity contribution in [1.29, 1.82) is 0 Å². The molecule has 3 unspecified atom stereocenters. The van der Waals surface area contributed by atoms with Gasteiger partial charge in [-0.15, -0.1) is 0 Å². The van der Waals surface area contributed by atoms with Gasteiger partial charge in [0.2, 0.25) is 5.91 Å². The number of phosphoric acid groups is 1. The van der Waals surface area contributed by atoms with Crippen LogP contribution in [0.5, 0.6) is 0 Å². The smallest absolute Gasteiger partial charge is 0.391 e. The molecule has 0 heterocycles. The molecule has 0 aromatic rings. The van der Waals surface area contributed by atoms with Crippen molar-refractivity contribution in [2.75, 3.05) is 40.9 Å². The van der Waals surface area contributed by atoms with Crippen LogP contribution in [0.1, 0.15) is 226 Å². The Kier molecular flexibility index (Phi) is 38.2. The Morgan fingerprint density at radius 2 is 0.982 bits per heavy atom. The van der Waals surface area contributed by atoms with Crippen LogP contribution < -0.4 is 5.32 Å². The number of rotatable bonds is 43. The zero-order valence-electron chi connectivity index (χ0n) is 37.2. The highest BCUT2D eigenvalue weighted by Crippen LogP contribution is 2.43. The van der Waals surface area contributed by atoms with Crippen molar-refractivity contribution in [2.45, 2.75) is 238 Å². The van der Waals surface area contributed by atoms with Crippen LogP contribution in [-0.2, 0) is 18.4 Å². The van der Waals surface area contributed by atoms with E-state index >= 15 is 0 Å². The largest absolute Gasteiger partial charge is 0.472 e. The van der Waals surface area contributed by atoms with E-state index in [1.54, 1.807) is 0 Å². The van der Waals surface area contributed by atoms with E-state index in [2.05, 4.69) is 31.3 Å². The lowest BCUT2D eigenvalue weighted by atomic mass is 10.0. The second kappa shape index (κ2) is 38.7. The lowest BCUT2D eigenvalue weighted by Crippen LogP contribution is -2.46. The maximum Gasteiger partial charge on any atom is 0.472 e. The number of hydrogen-bond acceptors (Lipinski definition) is 5. The SMILES string of the molecule is CCCCCC/C=C\CCCC(=O)NC(COP(=O)(O)OCC[N+](C)(C)C)C(O)CCCCCCCCCCCCCCCCCCCCCCCCCC. The molecule has 8 nitrogen and oxygen atoms in total. The molecule has 0 rings (SSSR count). The summed E-state index contributed by atoms with van der Waals surface area (Å²) in [6.45, 7) is 4.84. The zero-order chi connectivity index (χ0) is 40.7. The second-order valence-corrected chi connectivity index (χ2v) is 18.9. The van der Waals surface area contributed by atoms with Gasteiger partial charge >= 0.3 is 7.82 Å². The molecule has 328 valence electrons. The van der Waals surface area contributed by atoms with Crippen molar-refractivity contribution >= 4 is 13.7 Å². The number of carbonyl (C=O) groups is 1. The molecule has 0 radical (unpaired) electrons. The first-order chi connectivity index (χ1) is 26.5. The molecule has 9 heteroatoms. The maximum atomic E-state index is 12.8. The van der Waals surface area contributed by atoms with Crippen molar-refractivity contribution in [3.8, 4) is 0 Å². The Bertz CT molecular complexity index is 911. The van der Waals surface area contributed by atoms with Crippen molar-refractivity contribution in [2.24, 2.45) is 0 Å². The van der Waals surface area contributed by atoms with Crippen LogP contribution in [-0.4, -0.2) is 73.4 Å². The molecule has 0 spiro atoms. The van der Waals surface area contributed by atoms with Crippen LogP contribution in [0.25, 0.3) is 0 Å². The van der Waals surface area contributed by atoms with Crippen LogP contribution in [0.15, 0.2) is 12.2 Å². The Hall–Kier alpha value is -0.760. The number of hydrogen-bond donors (Lipinski definition) is 3. The number of amides is 1. The van der Waals surface area contributed by atoms with E-state index in [1.165, 1.54) is 161 Å². The summed E-state index contributed by atoms with van der Waals surface area (Å²) in [7, 11) is 1.61. The molecule has 0 fully saturated rings. The fourth-order valence-corrected chi connectivity index (χ4v) is 7.73. The summed E-state index contributed by atoms with van der Waals surface area (Å²) in [5, 5.41) is 13.9. The highest BCUT2D eigenvalue weighted by atomic mass is 31.2. The summed E-state index contributed by atoms with van der Waals surface area (Å²) in [5.41, 5.74) is 0. The second-order valence-electron chi connectivity index (χ2n) is 17.5. The molecule has 3 N–H and O–H groups in total. The van der Waals surface area contributed by atoms with Crippen molar-refractivity contribution in [1.82, 2.24) is 5.32 Å². The fraction of sp³-hybridized carbons (Fsp3) is 0.935. The van der Waals surface area contributed by atoms with Gasteiger partial charge < -0.3 is 19.8 Å². The third-order valence-corrected chi connectivity index (χ3v) is 11.7. The Labute approximate surface area is 342 Å². The van der Waals surface area contributed by atoms with Gasteiger partial charge in [0.1, 0.15) is 13.2 Å². The molecule has 55 heavy (non-hydrogen) atoms. The lowest BCUT2D eigenvalue weighted by Gasteiger charge is -2.26. The molecule has 0 aliphatic carbocycles. The summed E-state index contributed by atoms with van der Waals surface area (Å²) in [4.78, 5) is 23.0. The van der Waals surface area contributed by atoms with Crippen molar-refractivity contribution < 1.29 is 32.9 Å². The number of unbranched alkanes of at least 4 members (excludes halogenated alkanes) is 28. The van der Waals surface area contributed by atoms with Gasteiger partial charge in [0.25, 0.3) is 0 Å². The highest BCUT2D eigenvalue weighted by Gasteiger charge is 2.28. The predicted octanol–water partition coefficient (Wildman–Crippen LogP) is 13.1. The lowest BCUT2D eigenvalue weighted by molar-refractivity contribution is -0.870. The molecule has 0 aromatic carbocycles. The van der Waals surface area contributed by atoms with Gasteiger partial charge in [-0.1, -0.05) is 199 Å². The van der Waals surface area contributed by atoms with Crippen LogP contribution in [0, 0.1) is 0 Å². The molecule has 0 saturated carbocycles. The highest BCUT2D eigenvalue weighted by molar-refractivity contribution is 7.47. The summed E-state index contributed by atoms with van der Waals surface area (Å²) in [6.07, 6.45) is 44.1. The van der Waals surface area contributed by atoms with Crippen LogP contribution >= 0.6 is 7.82 Å². The normalized spacial score (nSPS) is 14.4. The van der Waals surface area contributed by atoms with Gasteiger partial charge in [0, 0.05) is 6.42 Å². The number of aliphatic hydroxyl groups excluding tert-OH is 1. The van der Waals surface area contributed by atoms with Crippen LogP contribution in [0.2, 0.25) is 0 Å². The van der Waals surface area contributed by atoms with E-state index in [4.69, 9.17) is 9.05 Å². The van der Waals surface area contributed by atoms with Crippen molar-refractivity contribution in [3.63, 3.8) is 0 Å². The number of quaternary nitrogens is 1. The fourth-order valence-electron chi connectivity index (χ4n) is 6.99. The summed E-state index contributed by atoms with van der Waals surface area (Å²) in [6, 6.07) is -0.770. The molecule has 0 aromatic heterocycles. The third kappa shape index (κ3) is 41.2. The maximum absolute atomic E-state index is 12.8. The molecular formula is C46H94N2O6P+.